The van der Waals surface area contributed by atoms with Gasteiger partial charge in [-0.05, 0) is 35.1 Å². The highest BCUT2D eigenvalue weighted by Gasteiger charge is 2.38. The van der Waals surface area contributed by atoms with E-state index in [0.717, 1.165) is 25.3 Å². The normalized spacial score (nSPS) is 27.5. The molecule has 0 aromatic heterocycles. The second-order valence-corrected chi connectivity index (χ2v) is 7.99. The number of nitrogens with one attached hydrogen (secondary N) is 2. The third-order valence-electron chi connectivity index (χ3n) is 5.09. The largest absolute Gasteiger partial charge is 0.370 e. The van der Waals surface area contributed by atoms with Gasteiger partial charge in [-0.25, -0.2) is 0 Å². The fourth-order valence-corrected chi connectivity index (χ4v) is 3.45. The molecule has 4 nitrogen and oxygen atoms in total. The minimum Gasteiger partial charge on any atom is -0.370 e. The van der Waals surface area contributed by atoms with Crippen molar-refractivity contribution in [1.29, 1.82) is 0 Å². The minimum absolute atomic E-state index is 0.154. The van der Waals surface area contributed by atoms with Gasteiger partial charge >= 0.3 is 0 Å². The van der Waals surface area contributed by atoms with E-state index >= 15 is 0 Å². The van der Waals surface area contributed by atoms with Crippen molar-refractivity contribution in [2.24, 2.45) is 0 Å². The van der Waals surface area contributed by atoms with E-state index in [1.54, 1.807) is 0 Å². The van der Waals surface area contributed by atoms with Crippen molar-refractivity contribution in [2.45, 2.75) is 44.9 Å². The molecule has 0 saturated carbocycles. The minimum atomic E-state index is -0.553. The summed E-state index contributed by atoms with van der Waals surface area (Å²) < 4.78 is 0. The van der Waals surface area contributed by atoms with Crippen LogP contribution in [-0.4, -0.2) is 36.0 Å². The van der Waals surface area contributed by atoms with E-state index in [4.69, 9.17) is 0 Å². The Morgan fingerprint density at radius 2 is 1.96 bits per heavy atom. The monoisotopic (exact) mass is 327 g/mol. The first kappa shape index (κ1) is 17.2. The van der Waals surface area contributed by atoms with Crippen LogP contribution in [0.2, 0.25) is 0 Å². The Morgan fingerprint density at radius 3 is 2.54 bits per heavy atom. The van der Waals surface area contributed by atoms with Crippen LogP contribution in [0.15, 0.2) is 48.2 Å². The summed E-state index contributed by atoms with van der Waals surface area (Å²) in [5.41, 5.74) is 3.53. The highest BCUT2D eigenvalue weighted by Crippen LogP contribution is 2.30. The van der Waals surface area contributed by atoms with E-state index in [1.807, 2.05) is 30.2 Å². The molecule has 1 aromatic rings. The Hall–Kier alpha value is -1.62. The molecule has 2 aliphatic heterocycles. The molecule has 1 saturated heterocycles. The van der Waals surface area contributed by atoms with Crippen molar-refractivity contribution in [1.82, 2.24) is 15.5 Å². The van der Waals surface area contributed by atoms with Crippen LogP contribution in [0.5, 0.6) is 0 Å². The van der Waals surface area contributed by atoms with Crippen LogP contribution in [0.3, 0.4) is 0 Å². The number of benzene rings is 1. The Balaban J connectivity index is 1.86. The van der Waals surface area contributed by atoms with E-state index < -0.39 is 6.23 Å². The molecule has 24 heavy (non-hydrogen) atoms. The van der Waals surface area contributed by atoms with Crippen molar-refractivity contribution in [3.63, 3.8) is 0 Å². The lowest BCUT2D eigenvalue weighted by atomic mass is 9.83. The smallest absolute Gasteiger partial charge is 0.148 e. The Kier molecular flexibility index (Phi) is 4.56. The highest BCUT2D eigenvalue weighted by molar-refractivity contribution is 5.34. The van der Waals surface area contributed by atoms with Gasteiger partial charge in [0, 0.05) is 26.0 Å². The van der Waals surface area contributed by atoms with E-state index in [1.165, 1.54) is 11.1 Å². The van der Waals surface area contributed by atoms with Gasteiger partial charge in [-0.2, -0.15) is 0 Å². The van der Waals surface area contributed by atoms with Gasteiger partial charge in [0.15, 0.2) is 0 Å². The maximum absolute atomic E-state index is 10.5. The molecule has 0 aliphatic carbocycles. The average molecular weight is 327 g/mol. The Morgan fingerprint density at radius 1 is 1.25 bits per heavy atom. The molecule has 0 amide bonds. The summed E-state index contributed by atoms with van der Waals surface area (Å²) in [5.74, 6) is 0. The lowest BCUT2D eigenvalue weighted by Gasteiger charge is -2.39. The quantitative estimate of drug-likeness (QED) is 0.798. The molecule has 2 aliphatic rings. The first-order valence-corrected chi connectivity index (χ1v) is 8.67. The summed E-state index contributed by atoms with van der Waals surface area (Å²) in [6.45, 7) is 11.0. The fraction of sp³-hybridized carbons (Fsp3) is 0.500. The highest BCUT2D eigenvalue weighted by atomic mass is 16.3. The molecule has 2 heterocycles. The van der Waals surface area contributed by atoms with Gasteiger partial charge in [0.25, 0.3) is 0 Å². The summed E-state index contributed by atoms with van der Waals surface area (Å²) in [6, 6.07) is 8.90. The number of hydrogen-bond acceptors (Lipinski definition) is 4. The molecule has 0 radical (unpaired) electrons. The van der Waals surface area contributed by atoms with Gasteiger partial charge in [0.1, 0.15) is 6.23 Å². The summed E-state index contributed by atoms with van der Waals surface area (Å²) in [4.78, 5) is 2.01. The molecular formula is C20H29N3O. The summed E-state index contributed by atoms with van der Waals surface area (Å²) in [6.07, 6.45) is 5.39. The first-order chi connectivity index (χ1) is 11.3. The fourth-order valence-electron chi connectivity index (χ4n) is 3.45. The van der Waals surface area contributed by atoms with Crippen molar-refractivity contribution in [3.8, 4) is 0 Å². The number of hydrogen-bond donors (Lipinski definition) is 3. The third-order valence-corrected chi connectivity index (χ3v) is 5.09. The molecule has 1 aromatic carbocycles. The van der Waals surface area contributed by atoms with Crippen molar-refractivity contribution in [3.05, 3.63) is 59.3 Å². The number of allylic oxidation sites excluding steroid dienone is 2. The van der Waals surface area contributed by atoms with Crippen LogP contribution in [0.4, 0.5) is 0 Å². The second kappa shape index (κ2) is 6.36. The molecular weight excluding hydrogens is 298 g/mol. The zero-order valence-corrected chi connectivity index (χ0v) is 15.1. The lowest BCUT2D eigenvalue weighted by Crippen LogP contribution is -2.51. The third kappa shape index (κ3) is 3.27. The molecule has 3 N–H and O–H groups in total. The van der Waals surface area contributed by atoms with Crippen LogP contribution in [0.1, 0.15) is 38.8 Å². The summed E-state index contributed by atoms with van der Waals surface area (Å²) in [5, 5.41) is 17.5. The van der Waals surface area contributed by atoms with E-state index in [-0.39, 0.29) is 11.0 Å². The maximum Gasteiger partial charge on any atom is 0.148 e. The van der Waals surface area contributed by atoms with Crippen LogP contribution in [0.25, 0.3) is 0 Å². The number of rotatable bonds is 3. The van der Waals surface area contributed by atoms with Crippen molar-refractivity contribution < 1.29 is 5.11 Å². The Labute approximate surface area is 145 Å². The van der Waals surface area contributed by atoms with E-state index in [2.05, 4.69) is 55.7 Å². The van der Waals surface area contributed by atoms with Gasteiger partial charge in [-0.1, -0.05) is 51.1 Å². The van der Waals surface area contributed by atoms with Gasteiger partial charge in [0.05, 0.1) is 5.54 Å². The van der Waals surface area contributed by atoms with E-state index in [9.17, 15) is 5.11 Å². The predicted octanol–water partition coefficient (Wildman–Crippen LogP) is 2.42. The molecule has 2 unspecified atom stereocenters. The molecule has 0 spiro atoms. The molecule has 3 rings (SSSR count). The summed E-state index contributed by atoms with van der Waals surface area (Å²) >= 11 is 0. The SMILES string of the molecule is CC1=CC=CN(CC2(c3ccc(C(C)(C)C)cc3)CNCN2)C1O. The van der Waals surface area contributed by atoms with Crippen LogP contribution in [-0.2, 0) is 11.0 Å². The zero-order chi connectivity index (χ0) is 17.4. The standard InChI is InChI=1S/C20H29N3O/c1-15-6-5-11-23(18(15)24)13-20(12-21-14-22-20)17-9-7-16(8-10-17)19(2,3)4/h5-11,18,21-22,24H,12-14H2,1-4H3. The molecule has 1 fully saturated rings. The predicted molar refractivity (Wildman–Crippen MR) is 98.4 cm³/mol. The topological polar surface area (TPSA) is 47.5 Å². The van der Waals surface area contributed by atoms with E-state index in [0.29, 0.717) is 0 Å². The van der Waals surface area contributed by atoms with Gasteiger partial charge in [0.2, 0.25) is 0 Å². The maximum atomic E-state index is 10.5. The van der Waals surface area contributed by atoms with Crippen LogP contribution >= 0.6 is 0 Å². The zero-order valence-electron chi connectivity index (χ0n) is 15.1. The van der Waals surface area contributed by atoms with Crippen LogP contribution < -0.4 is 10.6 Å². The van der Waals surface area contributed by atoms with Crippen molar-refractivity contribution in [2.75, 3.05) is 19.8 Å². The lowest BCUT2D eigenvalue weighted by molar-refractivity contribution is 0.0488. The molecule has 4 heteroatoms. The number of nitrogens with zero attached hydrogens (tertiary/aromatic N) is 1. The van der Waals surface area contributed by atoms with Crippen molar-refractivity contribution >= 4 is 0 Å². The number of aliphatic hydroxyl groups is 1. The first-order valence-electron chi connectivity index (χ1n) is 8.67. The van der Waals surface area contributed by atoms with Gasteiger partial charge in [-0.15, -0.1) is 0 Å². The van der Waals surface area contributed by atoms with Gasteiger partial charge in [-0.3, -0.25) is 5.32 Å². The van der Waals surface area contributed by atoms with Crippen LogP contribution in [0, 0.1) is 0 Å². The second-order valence-electron chi connectivity index (χ2n) is 7.99. The molecule has 130 valence electrons. The van der Waals surface area contributed by atoms with Gasteiger partial charge < -0.3 is 15.3 Å². The number of aliphatic hydroxyl groups excluding tert-OH is 1. The molecule has 2 atom stereocenters. The average Bonchev–Trinajstić information content (AvgIpc) is 3.01. The molecule has 0 bridgehead atoms. The Bertz CT molecular complexity index is 634. The summed E-state index contributed by atoms with van der Waals surface area (Å²) in [7, 11) is 0.